The van der Waals surface area contributed by atoms with E-state index in [1.165, 1.54) is 11.8 Å². The van der Waals surface area contributed by atoms with Crippen molar-refractivity contribution in [1.29, 1.82) is 0 Å². The lowest BCUT2D eigenvalue weighted by Crippen LogP contribution is -2.11. The maximum atomic E-state index is 13.5. The summed E-state index contributed by atoms with van der Waals surface area (Å²) >= 11 is 7.25. The van der Waals surface area contributed by atoms with Crippen LogP contribution in [0.1, 0.15) is 5.56 Å². The van der Waals surface area contributed by atoms with E-state index in [0.29, 0.717) is 10.8 Å². The van der Waals surface area contributed by atoms with Crippen LogP contribution in [0.2, 0.25) is 5.02 Å². The van der Waals surface area contributed by atoms with Crippen LogP contribution in [-0.2, 0) is 5.75 Å². The van der Waals surface area contributed by atoms with Crippen LogP contribution in [0, 0.1) is 5.82 Å². The van der Waals surface area contributed by atoms with Crippen molar-refractivity contribution in [2.24, 2.45) is 5.84 Å². The van der Waals surface area contributed by atoms with Gasteiger partial charge in [-0.25, -0.2) is 20.2 Å². The number of thioether (sulfide) groups is 1. The first-order chi connectivity index (χ1) is 8.70. The Labute approximate surface area is 113 Å². The minimum Gasteiger partial charge on any atom is -0.292 e. The van der Waals surface area contributed by atoms with Gasteiger partial charge in [-0.15, -0.1) is 0 Å². The summed E-state index contributed by atoms with van der Waals surface area (Å²) in [5.74, 6) is 5.40. The average Bonchev–Trinajstić information content (AvgIpc) is 2.39. The first kappa shape index (κ1) is 13.1. The molecule has 0 saturated carbocycles. The van der Waals surface area contributed by atoms with Gasteiger partial charge in [0.05, 0.1) is 6.20 Å². The SMILES string of the molecule is NNc1ncc(F)c(SCc2ccccc2Cl)n1. The Kier molecular flexibility index (Phi) is 4.35. The Bertz CT molecular complexity index is 552. The zero-order chi connectivity index (χ0) is 13.0. The number of hydrogen-bond donors (Lipinski definition) is 2. The molecule has 2 rings (SSSR count). The third kappa shape index (κ3) is 3.10. The number of nitrogens with zero attached hydrogens (tertiary/aromatic N) is 2. The van der Waals surface area contributed by atoms with Gasteiger partial charge in [0.15, 0.2) is 5.82 Å². The van der Waals surface area contributed by atoms with Gasteiger partial charge in [-0.3, -0.25) is 5.43 Å². The lowest BCUT2D eigenvalue weighted by Gasteiger charge is -2.05. The molecular weight excluding hydrogens is 275 g/mol. The first-order valence-electron chi connectivity index (χ1n) is 5.06. The van der Waals surface area contributed by atoms with Crippen molar-refractivity contribution < 1.29 is 4.39 Å². The highest BCUT2D eigenvalue weighted by Gasteiger charge is 2.08. The van der Waals surface area contributed by atoms with E-state index in [1.54, 1.807) is 6.07 Å². The largest absolute Gasteiger partial charge is 0.292 e. The molecule has 7 heteroatoms. The highest BCUT2D eigenvalue weighted by Crippen LogP contribution is 2.27. The van der Waals surface area contributed by atoms with Gasteiger partial charge in [0.2, 0.25) is 5.95 Å². The van der Waals surface area contributed by atoms with Crippen LogP contribution in [0.25, 0.3) is 0 Å². The molecule has 0 saturated heterocycles. The summed E-state index contributed by atoms with van der Waals surface area (Å²) in [6.45, 7) is 0. The molecule has 0 atom stereocenters. The molecule has 4 nitrogen and oxygen atoms in total. The van der Waals surface area contributed by atoms with Crippen LogP contribution in [0.3, 0.4) is 0 Å². The topological polar surface area (TPSA) is 63.8 Å². The van der Waals surface area contributed by atoms with Gasteiger partial charge in [-0.2, -0.15) is 0 Å². The van der Waals surface area contributed by atoms with Crippen LogP contribution in [-0.4, -0.2) is 9.97 Å². The van der Waals surface area contributed by atoms with Crippen LogP contribution >= 0.6 is 23.4 Å². The average molecular weight is 285 g/mol. The summed E-state index contributed by atoms with van der Waals surface area (Å²) in [5, 5.41) is 0.884. The Morgan fingerprint density at radius 3 is 2.89 bits per heavy atom. The zero-order valence-corrected chi connectivity index (χ0v) is 10.8. The minimum absolute atomic E-state index is 0.179. The summed E-state index contributed by atoms with van der Waals surface area (Å²) in [7, 11) is 0. The smallest absolute Gasteiger partial charge is 0.238 e. The lowest BCUT2D eigenvalue weighted by molar-refractivity contribution is 0.580. The van der Waals surface area contributed by atoms with Crippen LogP contribution in [0.15, 0.2) is 35.5 Å². The van der Waals surface area contributed by atoms with Crippen molar-refractivity contribution in [2.75, 3.05) is 5.43 Å². The number of halogens is 2. The van der Waals surface area contributed by atoms with E-state index < -0.39 is 5.82 Å². The normalized spacial score (nSPS) is 10.4. The molecule has 2 aromatic rings. The van der Waals surface area contributed by atoms with Crippen molar-refractivity contribution in [3.8, 4) is 0 Å². The second kappa shape index (κ2) is 5.99. The molecule has 94 valence electrons. The van der Waals surface area contributed by atoms with Gasteiger partial charge in [-0.1, -0.05) is 41.6 Å². The molecule has 1 aromatic carbocycles. The number of hydrogen-bond acceptors (Lipinski definition) is 5. The van der Waals surface area contributed by atoms with E-state index in [9.17, 15) is 4.39 Å². The van der Waals surface area contributed by atoms with Gasteiger partial charge >= 0.3 is 0 Å². The van der Waals surface area contributed by atoms with Gasteiger partial charge < -0.3 is 0 Å². The summed E-state index contributed by atoms with van der Waals surface area (Å²) in [6.07, 6.45) is 1.08. The van der Waals surface area contributed by atoms with E-state index in [0.717, 1.165) is 11.8 Å². The Balaban J connectivity index is 2.13. The van der Waals surface area contributed by atoms with Crippen LogP contribution < -0.4 is 11.3 Å². The number of hydrazine groups is 1. The van der Waals surface area contributed by atoms with Gasteiger partial charge in [0, 0.05) is 10.8 Å². The summed E-state index contributed by atoms with van der Waals surface area (Å²) in [4.78, 5) is 7.60. The second-order valence-corrected chi connectivity index (χ2v) is 4.74. The fraction of sp³-hybridized carbons (Fsp3) is 0.0909. The number of aromatic nitrogens is 2. The minimum atomic E-state index is -0.481. The van der Waals surface area contributed by atoms with Crippen LogP contribution in [0.5, 0.6) is 0 Å². The summed E-state index contributed by atoms with van der Waals surface area (Å²) in [6, 6.07) is 7.40. The number of anilines is 1. The third-order valence-electron chi connectivity index (χ3n) is 2.16. The lowest BCUT2D eigenvalue weighted by atomic mass is 10.2. The highest BCUT2D eigenvalue weighted by molar-refractivity contribution is 7.98. The predicted molar refractivity (Wildman–Crippen MR) is 70.8 cm³/mol. The summed E-state index contributed by atoms with van der Waals surface area (Å²) < 4.78 is 13.5. The van der Waals surface area contributed by atoms with E-state index in [2.05, 4.69) is 15.4 Å². The van der Waals surface area contributed by atoms with Gasteiger partial charge in [-0.05, 0) is 11.6 Å². The van der Waals surface area contributed by atoms with Crippen molar-refractivity contribution in [2.45, 2.75) is 10.8 Å². The number of nitrogens with one attached hydrogen (secondary N) is 1. The molecule has 0 bridgehead atoms. The molecule has 0 unspecified atom stereocenters. The van der Waals surface area contributed by atoms with E-state index in [4.69, 9.17) is 17.4 Å². The molecule has 0 fully saturated rings. The van der Waals surface area contributed by atoms with Gasteiger partial charge in [0.1, 0.15) is 5.03 Å². The molecule has 0 amide bonds. The first-order valence-corrected chi connectivity index (χ1v) is 6.42. The van der Waals surface area contributed by atoms with E-state index in [1.807, 2.05) is 18.2 Å². The fourth-order valence-corrected chi connectivity index (χ4v) is 2.45. The molecule has 0 aliphatic heterocycles. The molecule has 3 N–H and O–H groups in total. The Morgan fingerprint density at radius 1 is 1.39 bits per heavy atom. The third-order valence-corrected chi connectivity index (χ3v) is 3.55. The molecule has 18 heavy (non-hydrogen) atoms. The second-order valence-electron chi connectivity index (χ2n) is 3.37. The quantitative estimate of drug-likeness (QED) is 0.391. The summed E-state index contributed by atoms with van der Waals surface area (Å²) in [5.41, 5.74) is 3.20. The maximum Gasteiger partial charge on any atom is 0.238 e. The predicted octanol–water partition coefficient (Wildman–Crippen LogP) is 2.85. The van der Waals surface area contributed by atoms with E-state index >= 15 is 0 Å². The Morgan fingerprint density at radius 2 is 2.17 bits per heavy atom. The molecular formula is C11H10ClFN4S. The molecule has 1 heterocycles. The zero-order valence-electron chi connectivity index (χ0n) is 9.23. The van der Waals surface area contributed by atoms with Gasteiger partial charge in [0.25, 0.3) is 0 Å². The Hall–Kier alpha value is -1.37. The van der Waals surface area contributed by atoms with Crippen molar-refractivity contribution in [3.05, 3.63) is 46.9 Å². The van der Waals surface area contributed by atoms with E-state index in [-0.39, 0.29) is 11.0 Å². The number of nitrogen functional groups attached to an aromatic ring is 1. The molecule has 0 radical (unpaired) electrons. The molecule has 1 aromatic heterocycles. The van der Waals surface area contributed by atoms with Crippen molar-refractivity contribution >= 4 is 29.3 Å². The standard InChI is InChI=1S/C11H10ClFN4S/c12-8-4-2-1-3-7(8)6-18-10-9(13)5-15-11(16-10)17-14/h1-5H,6,14H2,(H,15,16,17). The number of benzene rings is 1. The molecule has 0 aliphatic rings. The molecule has 0 spiro atoms. The number of rotatable bonds is 4. The highest BCUT2D eigenvalue weighted by atomic mass is 35.5. The number of nitrogens with two attached hydrogens (primary N) is 1. The maximum absolute atomic E-state index is 13.5. The van der Waals surface area contributed by atoms with Crippen molar-refractivity contribution in [3.63, 3.8) is 0 Å². The monoisotopic (exact) mass is 284 g/mol. The molecule has 0 aliphatic carbocycles. The van der Waals surface area contributed by atoms with Crippen LogP contribution in [0.4, 0.5) is 10.3 Å². The fourth-order valence-electron chi connectivity index (χ4n) is 1.28. The van der Waals surface area contributed by atoms with Crippen molar-refractivity contribution in [1.82, 2.24) is 9.97 Å².